The predicted octanol–water partition coefficient (Wildman–Crippen LogP) is 1.43. The smallest absolute Gasteiger partial charge is 0.227 e. The standard InChI is InChI=1S/C14H29N3O2.2ClH/c1-4-14(5-2,11-15)13(18)16-10-12(3)17-6-8-19-9-7-17;;/h12H,4-11,15H2,1-3H3,(H,16,18);2*1H. The fraction of sp³-hybridized carbons (Fsp3) is 0.929. The van der Waals surface area contributed by atoms with Gasteiger partial charge in [0.25, 0.3) is 0 Å². The summed E-state index contributed by atoms with van der Waals surface area (Å²) in [5.41, 5.74) is 5.39. The number of carbonyl (C=O) groups excluding carboxylic acids is 1. The van der Waals surface area contributed by atoms with Crippen LogP contribution in [0.4, 0.5) is 0 Å². The molecule has 21 heavy (non-hydrogen) atoms. The molecule has 128 valence electrons. The maximum Gasteiger partial charge on any atom is 0.227 e. The van der Waals surface area contributed by atoms with Crippen LogP contribution in [0.25, 0.3) is 0 Å². The van der Waals surface area contributed by atoms with Crippen LogP contribution in [0.3, 0.4) is 0 Å². The van der Waals surface area contributed by atoms with Crippen LogP contribution in [-0.4, -0.2) is 56.2 Å². The first-order valence-corrected chi connectivity index (χ1v) is 7.39. The summed E-state index contributed by atoms with van der Waals surface area (Å²) in [6.07, 6.45) is 1.58. The van der Waals surface area contributed by atoms with E-state index in [0.29, 0.717) is 19.1 Å². The highest BCUT2D eigenvalue weighted by atomic mass is 35.5. The molecule has 0 aromatic carbocycles. The second kappa shape index (κ2) is 11.5. The third-order valence-corrected chi connectivity index (χ3v) is 4.45. The number of hydrogen-bond donors (Lipinski definition) is 2. The van der Waals surface area contributed by atoms with Crippen LogP contribution >= 0.6 is 24.8 Å². The Balaban J connectivity index is 0. The SMILES string of the molecule is CCC(CC)(CN)C(=O)NCC(C)N1CCOCC1.Cl.Cl. The molecule has 7 heteroatoms. The van der Waals surface area contributed by atoms with E-state index in [-0.39, 0.29) is 30.7 Å². The lowest BCUT2D eigenvalue weighted by atomic mass is 9.81. The third kappa shape index (κ3) is 6.28. The van der Waals surface area contributed by atoms with Crippen molar-refractivity contribution in [1.29, 1.82) is 0 Å². The highest BCUT2D eigenvalue weighted by Crippen LogP contribution is 2.24. The zero-order valence-corrected chi connectivity index (χ0v) is 15.0. The topological polar surface area (TPSA) is 67.6 Å². The average molecular weight is 344 g/mol. The normalized spacial score (nSPS) is 17.3. The average Bonchev–Trinajstić information content (AvgIpc) is 2.48. The van der Waals surface area contributed by atoms with Gasteiger partial charge in [0.2, 0.25) is 5.91 Å². The molecule has 0 aliphatic carbocycles. The number of halogens is 2. The van der Waals surface area contributed by atoms with Crippen molar-refractivity contribution >= 4 is 30.7 Å². The zero-order chi connectivity index (χ0) is 14.3. The van der Waals surface area contributed by atoms with Gasteiger partial charge >= 0.3 is 0 Å². The molecule has 1 rings (SSSR count). The molecule has 3 N–H and O–H groups in total. The predicted molar refractivity (Wildman–Crippen MR) is 91.4 cm³/mol. The molecule has 1 fully saturated rings. The molecule has 0 saturated carbocycles. The number of nitrogens with two attached hydrogens (primary N) is 1. The van der Waals surface area contributed by atoms with E-state index >= 15 is 0 Å². The summed E-state index contributed by atoms with van der Waals surface area (Å²) in [5.74, 6) is 0.0973. The molecule has 0 aromatic heterocycles. The highest BCUT2D eigenvalue weighted by molar-refractivity contribution is 5.85. The van der Waals surface area contributed by atoms with E-state index in [2.05, 4.69) is 17.1 Å². The summed E-state index contributed by atoms with van der Waals surface area (Å²) >= 11 is 0. The van der Waals surface area contributed by atoms with E-state index in [1.807, 2.05) is 13.8 Å². The molecule has 1 aliphatic heterocycles. The number of ether oxygens (including phenoxy) is 1. The summed E-state index contributed by atoms with van der Waals surface area (Å²) < 4.78 is 5.34. The Kier molecular flexibility index (Phi) is 12.7. The van der Waals surface area contributed by atoms with Crippen LogP contribution in [-0.2, 0) is 9.53 Å². The van der Waals surface area contributed by atoms with Gasteiger partial charge in [0.15, 0.2) is 0 Å². The van der Waals surface area contributed by atoms with Crippen LogP contribution in [0, 0.1) is 5.41 Å². The van der Waals surface area contributed by atoms with E-state index in [9.17, 15) is 4.79 Å². The maximum atomic E-state index is 12.3. The van der Waals surface area contributed by atoms with E-state index in [4.69, 9.17) is 10.5 Å². The molecule has 1 amide bonds. The minimum Gasteiger partial charge on any atom is -0.379 e. The number of rotatable bonds is 7. The summed E-state index contributed by atoms with van der Waals surface area (Å²) in [5, 5.41) is 3.07. The van der Waals surface area contributed by atoms with Gasteiger partial charge in [-0.25, -0.2) is 0 Å². The summed E-state index contributed by atoms with van der Waals surface area (Å²) in [4.78, 5) is 14.7. The van der Waals surface area contributed by atoms with Crippen molar-refractivity contribution in [3.05, 3.63) is 0 Å². The molecule has 1 aliphatic rings. The maximum absolute atomic E-state index is 12.3. The molecule has 1 atom stereocenters. The summed E-state index contributed by atoms with van der Waals surface area (Å²) in [6.45, 7) is 10.8. The van der Waals surface area contributed by atoms with Crippen LogP contribution < -0.4 is 11.1 Å². The molecule has 1 heterocycles. The van der Waals surface area contributed by atoms with E-state index in [1.54, 1.807) is 0 Å². The van der Waals surface area contributed by atoms with E-state index < -0.39 is 5.41 Å². The van der Waals surface area contributed by atoms with Gasteiger partial charge < -0.3 is 15.8 Å². The summed E-state index contributed by atoms with van der Waals surface area (Å²) in [7, 11) is 0. The van der Waals surface area contributed by atoms with Crippen molar-refractivity contribution in [2.75, 3.05) is 39.4 Å². The van der Waals surface area contributed by atoms with Gasteiger partial charge in [0.05, 0.1) is 18.6 Å². The fourth-order valence-corrected chi connectivity index (χ4v) is 2.53. The molecule has 1 unspecified atom stereocenters. The molecule has 5 nitrogen and oxygen atoms in total. The number of amides is 1. The fourth-order valence-electron chi connectivity index (χ4n) is 2.53. The van der Waals surface area contributed by atoms with Gasteiger partial charge in [-0.1, -0.05) is 13.8 Å². The van der Waals surface area contributed by atoms with Crippen molar-refractivity contribution in [3.8, 4) is 0 Å². The van der Waals surface area contributed by atoms with E-state index in [0.717, 1.165) is 39.1 Å². The number of carbonyl (C=O) groups is 1. The third-order valence-electron chi connectivity index (χ3n) is 4.45. The number of nitrogens with one attached hydrogen (secondary N) is 1. The highest BCUT2D eigenvalue weighted by Gasteiger charge is 2.33. The first-order chi connectivity index (χ1) is 9.09. The second-order valence-corrected chi connectivity index (χ2v) is 5.40. The van der Waals surface area contributed by atoms with Crippen molar-refractivity contribution in [3.63, 3.8) is 0 Å². The van der Waals surface area contributed by atoms with Crippen LogP contribution in [0.2, 0.25) is 0 Å². The summed E-state index contributed by atoms with van der Waals surface area (Å²) in [6, 6.07) is 0.344. The molecule has 1 saturated heterocycles. The largest absolute Gasteiger partial charge is 0.379 e. The van der Waals surface area contributed by atoms with Crippen LogP contribution in [0.5, 0.6) is 0 Å². The van der Waals surface area contributed by atoms with Crippen molar-refractivity contribution in [1.82, 2.24) is 10.2 Å². The Morgan fingerprint density at radius 2 is 1.81 bits per heavy atom. The lowest BCUT2D eigenvalue weighted by Crippen LogP contribution is -2.51. The van der Waals surface area contributed by atoms with Gasteiger partial charge in [-0.2, -0.15) is 0 Å². The zero-order valence-electron chi connectivity index (χ0n) is 13.4. The van der Waals surface area contributed by atoms with Crippen LogP contribution in [0.1, 0.15) is 33.6 Å². The van der Waals surface area contributed by atoms with Gasteiger partial charge in [-0.3, -0.25) is 9.69 Å². The lowest BCUT2D eigenvalue weighted by Gasteiger charge is -2.34. The number of nitrogens with zero attached hydrogens (tertiary/aromatic N) is 1. The van der Waals surface area contributed by atoms with Gasteiger partial charge in [0, 0.05) is 32.2 Å². The Morgan fingerprint density at radius 1 is 1.29 bits per heavy atom. The molecular weight excluding hydrogens is 313 g/mol. The number of morpholine rings is 1. The molecular formula is C14H31Cl2N3O2. The van der Waals surface area contributed by atoms with Crippen molar-refractivity contribution in [2.45, 2.75) is 39.7 Å². The Labute approximate surface area is 141 Å². The molecule has 0 bridgehead atoms. The van der Waals surface area contributed by atoms with Gasteiger partial charge in [-0.05, 0) is 19.8 Å². The van der Waals surface area contributed by atoms with Crippen LogP contribution in [0.15, 0.2) is 0 Å². The lowest BCUT2D eigenvalue weighted by molar-refractivity contribution is -0.131. The molecule has 0 spiro atoms. The van der Waals surface area contributed by atoms with Crippen molar-refractivity contribution < 1.29 is 9.53 Å². The Morgan fingerprint density at radius 3 is 2.24 bits per heavy atom. The minimum absolute atomic E-state index is 0. The first-order valence-electron chi connectivity index (χ1n) is 7.39. The Bertz CT molecular complexity index is 275. The Hall–Kier alpha value is -0.0700. The molecule has 0 aromatic rings. The quantitative estimate of drug-likeness (QED) is 0.733. The monoisotopic (exact) mass is 343 g/mol. The van der Waals surface area contributed by atoms with Gasteiger partial charge in [0.1, 0.15) is 0 Å². The number of hydrogen-bond acceptors (Lipinski definition) is 4. The van der Waals surface area contributed by atoms with Crippen molar-refractivity contribution in [2.24, 2.45) is 11.1 Å². The van der Waals surface area contributed by atoms with E-state index in [1.165, 1.54) is 0 Å². The van der Waals surface area contributed by atoms with Gasteiger partial charge in [-0.15, -0.1) is 24.8 Å². The minimum atomic E-state index is -0.398. The second-order valence-electron chi connectivity index (χ2n) is 5.40. The molecule has 0 radical (unpaired) electrons. The first kappa shape index (κ1) is 23.2.